The second-order valence-corrected chi connectivity index (χ2v) is 9.50. The second-order valence-electron chi connectivity index (χ2n) is 9.50. The number of nitrogens with one attached hydrogen (secondary N) is 1. The Morgan fingerprint density at radius 2 is 1.89 bits per heavy atom. The lowest BCUT2D eigenvalue weighted by molar-refractivity contribution is -0.137. The highest BCUT2D eigenvalue weighted by molar-refractivity contribution is 5.87. The van der Waals surface area contributed by atoms with Crippen LogP contribution < -0.4 is 5.32 Å². The lowest BCUT2D eigenvalue weighted by Gasteiger charge is -2.32. The van der Waals surface area contributed by atoms with E-state index in [1.54, 1.807) is 0 Å². The minimum Gasteiger partial charge on any atom is -0.365 e. The van der Waals surface area contributed by atoms with Gasteiger partial charge in [-0.3, -0.25) is 0 Å². The van der Waals surface area contributed by atoms with Gasteiger partial charge in [-0.15, -0.1) is 0 Å². The molecule has 1 aromatic carbocycles. The molecule has 1 unspecified atom stereocenters. The predicted molar refractivity (Wildman–Crippen MR) is 127 cm³/mol. The summed E-state index contributed by atoms with van der Waals surface area (Å²) in [6, 6.07) is 7.42. The molecule has 1 N–H and O–H groups in total. The standard InChI is InChI=1S/C26H27F3N6/c1-16(18-8-5-9-18)31-23-22-24(33-21(14-30)32-23)34-25(19-6-3-2-4-7-19)35(22)15-17-10-12-20(13-11-17)26(27,28)29/h6,10-13,16,18H,2-5,7-9,15H2,1H3,(H,31,32,33). The van der Waals surface area contributed by atoms with Gasteiger partial charge in [0.05, 0.1) is 5.56 Å². The van der Waals surface area contributed by atoms with Crippen molar-refractivity contribution in [3.63, 3.8) is 0 Å². The average Bonchev–Trinajstić information content (AvgIpc) is 3.16. The Labute approximate surface area is 201 Å². The molecule has 3 aromatic rings. The highest BCUT2D eigenvalue weighted by Crippen LogP contribution is 2.35. The van der Waals surface area contributed by atoms with Gasteiger partial charge in [-0.05, 0) is 74.6 Å². The number of rotatable bonds is 6. The smallest absolute Gasteiger partial charge is 0.365 e. The minimum atomic E-state index is -4.38. The highest BCUT2D eigenvalue weighted by Gasteiger charge is 2.30. The summed E-state index contributed by atoms with van der Waals surface area (Å²) in [7, 11) is 0. The van der Waals surface area contributed by atoms with Gasteiger partial charge in [0, 0.05) is 12.6 Å². The zero-order valence-electron chi connectivity index (χ0n) is 19.6. The molecule has 35 heavy (non-hydrogen) atoms. The Morgan fingerprint density at radius 3 is 2.49 bits per heavy atom. The molecule has 0 aliphatic heterocycles. The van der Waals surface area contributed by atoms with Crippen LogP contribution >= 0.6 is 0 Å². The number of imidazole rings is 1. The largest absolute Gasteiger partial charge is 0.416 e. The summed E-state index contributed by atoms with van der Waals surface area (Å²) < 4.78 is 41.2. The van der Waals surface area contributed by atoms with Crippen molar-refractivity contribution in [1.82, 2.24) is 19.5 Å². The van der Waals surface area contributed by atoms with Gasteiger partial charge in [0.2, 0.25) is 5.82 Å². The molecule has 0 bridgehead atoms. The minimum absolute atomic E-state index is 0.0455. The van der Waals surface area contributed by atoms with Crippen molar-refractivity contribution in [2.45, 2.75) is 70.6 Å². The Kier molecular flexibility index (Phi) is 6.22. The quantitative estimate of drug-likeness (QED) is 0.446. The molecular formula is C26H27F3N6. The van der Waals surface area contributed by atoms with Crippen LogP contribution in [0.1, 0.15) is 74.6 Å². The molecule has 1 saturated carbocycles. The fourth-order valence-corrected chi connectivity index (χ4v) is 4.88. The van der Waals surface area contributed by atoms with Crippen molar-refractivity contribution < 1.29 is 13.2 Å². The van der Waals surface area contributed by atoms with Crippen LogP contribution in [0.15, 0.2) is 30.3 Å². The van der Waals surface area contributed by atoms with Crippen molar-refractivity contribution in [2.75, 3.05) is 5.32 Å². The topological polar surface area (TPSA) is 79.4 Å². The van der Waals surface area contributed by atoms with Gasteiger partial charge in [-0.1, -0.05) is 24.6 Å². The van der Waals surface area contributed by atoms with Crippen molar-refractivity contribution in [3.8, 4) is 6.07 Å². The summed E-state index contributed by atoms with van der Waals surface area (Å²) >= 11 is 0. The summed E-state index contributed by atoms with van der Waals surface area (Å²) in [6.07, 6.45) is 5.30. The molecule has 2 aliphatic carbocycles. The summed E-state index contributed by atoms with van der Waals surface area (Å²) in [4.78, 5) is 13.7. The van der Waals surface area contributed by atoms with E-state index < -0.39 is 11.7 Å². The number of anilines is 1. The van der Waals surface area contributed by atoms with E-state index in [-0.39, 0.29) is 11.9 Å². The third-order valence-electron chi connectivity index (χ3n) is 7.12. The predicted octanol–water partition coefficient (Wildman–Crippen LogP) is 6.32. The SMILES string of the molecule is CC(Nc1nc(C#N)nc2nc(C3=CCCCC3)n(Cc3ccc(C(F)(F)F)cc3)c12)C1CCC1. The van der Waals surface area contributed by atoms with Crippen LogP contribution in [-0.4, -0.2) is 25.6 Å². The molecule has 0 spiro atoms. The summed E-state index contributed by atoms with van der Waals surface area (Å²) in [6.45, 7) is 2.44. The number of allylic oxidation sites excluding steroid dienone is 2. The second kappa shape index (κ2) is 9.33. The first-order valence-electron chi connectivity index (χ1n) is 12.1. The van der Waals surface area contributed by atoms with Gasteiger partial charge in [0.15, 0.2) is 11.5 Å². The van der Waals surface area contributed by atoms with E-state index in [0.717, 1.165) is 67.6 Å². The maximum absolute atomic E-state index is 13.1. The molecule has 0 amide bonds. The number of nitriles is 1. The van der Waals surface area contributed by atoms with Gasteiger partial charge in [-0.2, -0.15) is 28.4 Å². The molecule has 1 atom stereocenters. The van der Waals surface area contributed by atoms with Crippen LogP contribution in [-0.2, 0) is 12.7 Å². The third kappa shape index (κ3) is 4.75. The molecule has 2 aromatic heterocycles. The van der Waals surface area contributed by atoms with Crippen LogP contribution in [0.4, 0.5) is 19.0 Å². The van der Waals surface area contributed by atoms with E-state index in [1.165, 1.54) is 18.6 Å². The third-order valence-corrected chi connectivity index (χ3v) is 7.12. The van der Waals surface area contributed by atoms with Crippen molar-refractivity contribution in [3.05, 3.63) is 53.1 Å². The Morgan fingerprint density at radius 1 is 1.11 bits per heavy atom. The number of nitrogens with zero attached hydrogens (tertiary/aromatic N) is 5. The molecule has 6 nitrogen and oxygen atoms in total. The number of hydrogen-bond donors (Lipinski definition) is 1. The molecule has 2 heterocycles. The first-order valence-corrected chi connectivity index (χ1v) is 12.1. The van der Waals surface area contributed by atoms with Crippen LogP contribution in [0.25, 0.3) is 16.7 Å². The monoisotopic (exact) mass is 480 g/mol. The van der Waals surface area contributed by atoms with Gasteiger partial charge < -0.3 is 9.88 Å². The lowest BCUT2D eigenvalue weighted by atomic mass is 9.80. The molecular weight excluding hydrogens is 453 g/mol. The zero-order valence-corrected chi connectivity index (χ0v) is 19.6. The molecule has 0 radical (unpaired) electrons. The van der Waals surface area contributed by atoms with Crippen molar-refractivity contribution in [1.29, 1.82) is 5.26 Å². The fraction of sp³-hybridized carbons (Fsp3) is 0.462. The molecule has 1 fully saturated rings. The van der Waals surface area contributed by atoms with Gasteiger partial charge in [-0.25, -0.2) is 4.98 Å². The lowest BCUT2D eigenvalue weighted by Crippen LogP contribution is -2.31. The maximum atomic E-state index is 13.1. The number of benzene rings is 1. The van der Waals surface area contributed by atoms with Crippen LogP contribution in [0.2, 0.25) is 0 Å². The Hall–Kier alpha value is -3.41. The van der Waals surface area contributed by atoms with E-state index >= 15 is 0 Å². The van der Waals surface area contributed by atoms with Gasteiger partial charge in [0.25, 0.3) is 0 Å². The summed E-state index contributed by atoms with van der Waals surface area (Å²) in [5, 5.41) is 13.0. The van der Waals surface area contributed by atoms with E-state index in [0.29, 0.717) is 29.4 Å². The van der Waals surface area contributed by atoms with E-state index in [4.69, 9.17) is 4.98 Å². The zero-order chi connectivity index (χ0) is 24.6. The average molecular weight is 481 g/mol. The summed E-state index contributed by atoms with van der Waals surface area (Å²) in [5.74, 6) is 1.87. The van der Waals surface area contributed by atoms with Crippen molar-refractivity contribution in [2.24, 2.45) is 5.92 Å². The Bertz CT molecular complexity index is 1300. The molecule has 9 heteroatoms. The Balaban J connectivity index is 1.62. The number of fused-ring (bicyclic) bond motifs is 1. The molecule has 182 valence electrons. The van der Waals surface area contributed by atoms with Crippen molar-refractivity contribution >= 4 is 22.6 Å². The molecule has 0 saturated heterocycles. The normalized spacial score (nSPS) is 17.5. The van der Waals surface area contributed by atoms with E-state index in [1.807, 2.05) is 10.6 Å². The number of alkyl halides is 3. The van der Waals surface area contributed by atoms with E-state index in [9.17, 15) is 18.4 Å². The van der Waals surface area contributed by atoms with Crippen LogP contribution in [0.3, 0.4) is 0 Å². The first kappa shape index (κ1) is 23.3. The maximum Gasteiger partial charge on any atom is 0.416 e. The highest BCUT2D eigenvalue weighted by atomic mass is 19.4. The van der Waals surface area contributed by atoms with E-state index in [2.05, 4.69) is 28.3 Å². The number of aromatic nitrogens is 4. The fourth-order valence-electron chi connectivity index (χ4n) is 4.88. The molecule has 5 rings (SSSR count). The van der Waals surface area contributed by atoms with Gasteiger partial charge >= 0.3 is 6.18 Å². The summed E-state index contributed by atoms with van der Waals surface area (Å²) in [5.41, 5.74) is 2.24. The van der Waals surface area contributed by atoms with Gasteiger partial charge in [0.1, 0.15) is 17.4 Å². The number of halogens is 3. The molecule has 2 aliphatic rings. The number of hydrogen-bond acceptors (Lipinski definition) is 5. The first-order chi connectivity index (χ1) is 16.8. The van der Waals surface area contributed by atoms with Crippen LogP contribution in [0, 0.1) is 17.2 Å². The van der Waals surface area contributed by atoms with Crippen LogP contribution in [0.5, 0.6) is 0 Å².